The summed E-state index contributed by atoms with van der Waals surface area (Å²) in [5, 5.41) is 0.667. The van der Waals surface area contributed by atoms with Crippen molar-refractivity contribution in [1.29, 1.82) is 0 Å². The van der Waals surface area contributed by atoms with Gasteiger partial charge in [-0.1, -0.05) is 47.5 Å². The maximum atomic E-state index is 11.9. The van der Waals surface area contributed by atoms with E-state index in [1.807, 2.05) is 0 Å². The van der Waals surface area contributed by atoms with Crippen LogP contribution < -0.4 is 18.9 Å². The molecule has 0 N–H and O–H groups in total. The molecule has 3 aromatic carbocycles. The highest BCUT2D eigenvalue weighted by Crippen LogP contribution is 2.24. The van der Waals surface area contributed by atoms with Gasteiger partial charge >= 0.3 is 11.9 Å². The highest BCUT2D eigenvalue weighted by atomic mass is 35.5. The molecule has 0 amide bonds. The third-order valence-electron chi connectivity index (χ3n) is 3.66. The summed E-state index contributed by atoms with van der Waals surface area (Å²) < 4.78 is 21.0. The minimum Gasteiger partial charge on any atom is -0.482 e. The molecule has 0 spiro atoms. The molecule has 0 aliphatic rings. The summed E-state index contributed by atoms with van der Waals surface area (Å²) in [4.78, 5) is 23.7. The van der Waals surface area contributed by atoms with Crippen LogP contribution in [0.5, 0.6) is 23.0 Å². The molecule has 30 heavy (non-hydrogen) atoms. The molecule has 0 saturated heterocycles. The van der Waals surface area contributed by atoms with E-state index in [1.165, 1.54) is 0 Å². The molecule has 0 radical (unpaired) electrons. The molecule has 154 valence electrons. The van der Waals surface area contributed by atoms with Crippen molar-refractivity contribution in [3.8, 4) is 23.0 Å². The summed E-state index contributed by atoms with van der Waals surface area (Å²) in [5.74, 6) is 0.200. The van der Waals surface area contributed by atoms with Gasteiger partial charge in [-0.05, 0) is 48.5 Å². The third-order valence-corrected chi connectivity index (χ3v) is 4.28. The average molecular weight is 447 g/mol. The zero-order chi connectivity index (χ0) is 21.3. The fraction of sp³-hybridized carbons (Fsp3) is 0.0909. The van der Waals surface area contributed by atoms with Crippen LogP contribution in [0.2, 0.25) is 10.0 Å². The highest BCUT2D eigenvalue weighted by Gasteiger charge is 2.10. The summed E-state index contributed by atoms with van der Waals surface area (Å²) in [7, 11) is 0. The van der Waals surface area contributed by atoms with E-state index in [4.69, 9.17) is 42.1 Å². The lowest BCUT2D eigenvalue weighted by Crippen LogP contribution is -2.18. The number of ether oxygens (including phenoxy) is 4. The van der Waals surface area contributed by atoms with Gasteiger partial charge in [-0.2, -0.15) is 0 Å². The Kier molecular flexibility index (Phi) is 7.54. The van der Waals surface area contributed by atoms with Gasteiger partial charge in [0.05, 0.1) is 10.0 Å². The molecule has 8 heteroatoms. The third kappa shape index (κ3) is 6.40. The van der Waals surface area contributed by atoms with Crippen molar-refractivity contribution in [2.24, 2.45) is 0 Å². The second-order valence-electron chi connectivity index (χ2n) is 5.86. The van der Waals surface area contributed by atoms with E-state index in [0.717, 1.165) is 0 Å². The van der Waals surface area contributed by atoms with Crippen molar-refractivity contribution in [2.45, 2.75) is 0 Å². The number of hydrogen-bond acceptors (Lipinski definition) is 6. The van der Waals surface area contributed by atoms with Gasteiger partial charge < -0.3 is 18.9 Å². The maximum absolute atomic E-state index is 11.9. The molecule has 0 atom stereocenters. The van der Waals surface area contributed by atoms with Crippen molar-refractivity contribution < 1.29 is 28.5 Å². The molecule has 0 aliphatic carbocycles. The van der Waals surface area contributed by atoms with Crippen LogP contribution in [0.1, 0.15) is 0 Å². The van der Waals surface area contributed by atoms with E-state index in [9.17, 15) is 9.59 Å². The Bertz CT molecular complexity index is 938. The second-order valence-corrected chi connectivity index (χ2v) is 6.67. The van der Waals surface area contributed by atoms with Crippen molar-refractivity contribution in [1.82, 2.24) is 0 Å². The summed E-state index contributed by atoms with van der Waals surface area (Å²) >= 11 is 11.9. The van der Waals surface area contributed by atoms with Crippen molar-refractivity contribution in [3.05, 3.63) is 82.8 Å². The lowest BCUT2D eigenvalue weighted by atomic mass is 10.3. The molecule has 0 unspecified atom stereocenters. The smallest absolute Gasteiger partial charge is 0.349 e. The SMILES string of the molecule is O=C(COc1ccc(OCC(=O)Oc2ccccc2Cl)cc1)Oc1ccccc1Cl. The molecule has 0 heterocycles. The van der Waals surface area contributed by atoms with Gasteiger partial charge in [0.1, 0.15) is 23.0 Å². The van der Waals surface area contributed by atoms with Crippen LogP contribution in [0, 0.1) is 0 Å². The second kappa shape index (κ2) is 10.5. The summed E-state index contributed by atoms with van der Waals surface area (Å²) in [6.45, 7) is -0.592. The Balaban J connectivity index is 1.43. The Morgan fingerprint density at radius 3 is 1.33 bits per heavy atom. The molecule has 3 aromatic rings. The van der Waals surface area contributed by atoms with Crippen LogP contribution in [-0.2, 0) is 9.59 Å². The Morgan fingerprint density at radius 2 is 0.967 bits per heavy atom. The number of carbonyl (C=O) groups is 2. The average Bonchev–Trinajstić information content (AvgIpc) is 2.75. The minimum atomic E-state index is -0.592. The van der Waals surface area contributed by atoms with E-state index in [0.29, 0.717) is 21.5 Å². The normalized spacial score (nSPS) is 10.2. The highest BCUT2D eigenvalue weighted by molar-refractivity contribution is 6.32. The van der Waals surface area contributed by atoms with Gasteiger partial charge in [-0.3, -0.25) is 0 Å². The Labute approximate surface area is 182 Å². The number of esters is 2. The van der Waals surface area contributed by atoms with Crippen LogP contribution in [0.4, 0.5) is 0 Å². The summed E-state index contributed by atoms with van der Waals surface area (Å²) in [6, 6.07) is 19.7. The van der Waals surface area contributed by atoms with Crippen LogP contribution in [0.3, 0.4) is 0 Å². The predicted molar refractivity (Wildman–Crippen MR) is 112 cm³/mol. The van der Waals surface area contributed by atoms with Crippen LogP contribution in [0.25, 0.3) is 0 Å². The fourth-order valence-corrected chi connectivity index (χ4v) is 2.62. The first-order chi connectivity index (χ1) is 14.5. The van der Waals surface area contributed by atoms with Gasteiger partial charge in [0.25, 0.3) is 0 Å². The van der Waals surface area contributed by atoms with E-state index < -0.39 is 11.9 Å². The topological polar surface area (TPSA) is 71.1 Å². The molecule has 0 saturated carbocycles. The van der Waals surface area contributed by atoms with Gasteiger partial charge in [-0.15, -0.1) is 0 Å². The molecule has 6 nitrogen and oxygen atoms in total. The summed E-state index contributed by atoms with van der Waals surface area (Å²) in [6.07, 6.45) is 0. The van der Waals surface area contributed by atoms with Gasteiger partial charge in [-0.25, -0.2) is 9.59 Å². The Morgan fingerprint density at radius 1 is 0.600 bits per heavy atom. The zero-order valence-corrected chi connectivity index (χ0v) is 17.1. The quantitative estimate of drug-likeness (QED) is 0.359. The first kappa shape index (κ1) is 21.5. The standard InChI is InChI=1S/C22H16Cl2O6/c23-17-5-1-3-7-19(17)29-21(25)13-27-15-9-11-16(12-10-15)28-14-22(26)30-20-8-4-2-6-18(20)24/h1-12H,13-14H2. The molecular weight excluding hydrogens is 431 g/mol. The monoisotopic (exact) mass is 446 g/mol. The van der Waals surface area contributed by atoms with Gasteiger partial charge in [0.2, 0.25) is 0 Å². The lowest BCUT2D eigenvalue weighted by molar-refractivity contribution is -0.137. The molecule has 0 fully saturated rings. The zero-order valence-electron chi connectivity index (χ0n) is 15.5. The van der Waals surface area contributed by atoms with Crippen LogP contribution in [-0.4, -0.2) is 25.2 Å². The first-order valence-electron chi connectivity index (χ1n) is 8.77. The minimum absolute atomic E-state index is 0.264. The molecule has 0 aromatic heterocycles. The largest absolute Gasteiger partial charge is 0.482 e. The number of rotatable bonds is 8. The van der Waals surface area contributed by atoms with Crippen LogP contribution >= 0.6 is 23.2 Å². The van der Waals surface area contributed by atoms with Crippen molar-refractivity contribution >= 4 is 35.1 Å². The fourth-order valence-electron chi connectivity index (χ4n) is 2.28. The summed E-state index contributed by atoms with van der Waals surface area (Å²) in [5.41, 5.74) is 0. The lowest BCUT2D eigenvalue weighted by Gasteiger charge is -2.09. The molecule has 3 rings (SSSR count). The molecule has 0 bridgehead atoms. The van der Waals surface area contributed by atoms with E-state index in [1.54, 1.807) is 72.8 Å². The Hall–Kier alpha value is -3.22. The number of para-hydroxylation sites is 2. The van der Waals surface area contributed by atoms with Gasteiger partial charge in [0.15, 0.2) is 13.2 Å². The maximum Gasteiger partial charge on any atom is 0.349 e. The molecular formula is C22H16Cl2O6. The molecule has 0 aliphatic heterocycles. The van der Waals surface area contributed by atoms with E-state index in [-0.39, 0.29) is 24.7 Å². The number of hydrogen-bond donors (Lipinski definition) is 0. The number of benzene rings is 3. The van der Waals surface area contributed by atoms with Crippen molar-refractivity contribution in [3.63, 3.8) is 0 Å². The first-order valence-corrected chi connectivity index (χ1v) is 9.53. The van der Waals surface area contributed by atoms with Crippen LogP contribution in [0.15, 0.2) is 72.8 Å². The number of halogens is 2. The number of carbonyl (C=O) groups excluding carboxylic acids is 2. The van der Waals surface area contributed by atoms with E-state index >= 15 is 0 Å². The predicted octanol–water partition coefficient (Wildman–Crippen LogP) is 4.96. The van der Waals surface area contributed by atoms with E-state index in [2.05, 4.69) is 0 Å². The van der Waals surface area contributed by atoms with Crippen molar-refractivity contribution in [2.75, 3.05) is 13.2 Å². The van der Waals surface area contributed by atoms with Gasteiger partial charge in [0, 0.05) is 0 Å².